The molecule has 2 aliphatic rings. The number of nitrogens with zero attached hydrogens (tertiary/aromatic N) is 4. The molecule has 0 unspecified atom stereocenters. The quantitative estimate of drug-likeness (QED) is 0.270. The van der Waals surface area contributed by atoms with E-state index in [0.717, 1.165) is 72.4 Å². The Morgan fingerprint density at radius 2 is 1.91 bits per heavy atom. The van der Waals surface area contributed by atoms with E-state index in [1.165, 1.54) is 0 Å². The molecular weight excluding hydrogens is 570 g/mol. The highest BCUT2D eigenvalue weighted by Gasteiger charge is 2.29. The molecule has 6 rings (SSSR count). The van der Waals surface area contributed by atoms with Crippen LogP contribution in [0.2, 0.25) is 0 Å². The van der Waals surface area contributed by atoms with Crippen LogP contribution in [0.1, 0.15) is 81.4 Å². The number of fused-ring (bicyclic) bond motifs is 2. The van der Waals surface area contributed by atoms with Crippen LogP contribution in [-0.4, -0.2) is 68.4 Å². The van der Waals surface area contributed by atoms with Gasteiger partial charge in [0.1, 0.15) is 16.9 Å². The van der Waals surface area contributed by atoms with Crippen LogP contribution in [0.25, 0.3) is 33.6 Å². The summed E-state index contributed by atoms with van der Waals surface area (Å²) in [4.78, 5) is 36.5. The Labute approximate surface area is 263 Å². The highest BCUT2D eigenvalue weighted by atomic mass is 16.5. The molecule has 0 spiro atoms. The predicted octanol–water partition coefficient (Wildman–Crippen LogP) is 4.22. The molecule has 0 saturated carbocycles. The summed E-state index contributed by atoms with van der Waals surface area (Å²) < 4.78 is 10.0. The van der Waals surface area contributed by atoms with E-state index in [2.05, 4.69) is 32.7 Å². The lowest BCUT2D eigenvalue weighted by molar-refractivity contribution is -0.130. The van der Waals surface area contributed by atoms with E-state index in [0.29, 0.717) is 36.3 Å². The first-order valence-electron chi connectivity index (χ1n) is 16.1. The van der Waals surface area contributed by atoms with Crippen molar-refractivity contribution in [2.45, 2.75) is 84.0 Å². The fraction of sp³-hybridized carbons (Fsp3) is 0.529. The molecule has 11 heteroatoms. The molecule has 1 saturated heterocycles. The number of amides is 2. The van der Waals surface area contributed by atoms with Crippen LogP contribution >= 0.6 is 0 Å². The minimum Gasteiger partial charge on any atom is -0.494 e. The van der Waals surface area contributed by atoms with Gasteiger partial charge in [-0.1, -0.05) is 33.1 Å². The number of hydrogen-bond donors (Lipinski definition) is 4. The van der Waals surface area contributed by atoms with E-state index in [4.69, 9.17) is 14.7 Å². The van der Waals surface area contributed by atoms with E-state index < -0.39 is 11.5 Å². The summed E-state index contributed by atoms with van der Waals surface area (Å²) in [5, 5.41) is 20.4. The smallest absolute Gasteiger partial charge is 0.251 e. The topological polar surface area (TPSA) is 135 Å². The maximum absolute atomic E-state index is 13.3. The second-order valence-electron chi connectivity index (χ2n) is 13.3. The third-order valence-electron chi connectivity index (χ3n) is 9.41. The molecule has 2 bridgehead atoms. The van der Waals surface area contributed by atoms with Gasteiger partial charge in [0.25, 0.3) is 5.91 Å². The van der Waals surface area contributed by atoms with Gasteiger partial charge in [0.2, 0.25) is 5.91 Å². The zero-order valence-electron chi connectivity index (χ0n) is 26.9. The van der Waals surface area contributed by atoms with E-state index in [9.17, 15) is 14.7 Å². The monoisotopic (exact) mass is 615 g/mol. The first-order chi connectivity index (χ1) is 21.6. The molecule has 2 aliphatic heterocycles. The zero-order valence-corrected chi connectivity index (χ0v) is 26.9. The number of imidazole rings is 1. The number of carbonyl (C=O) groups excluding carboxylic acids is 2. The van der Waals surface area contributed by atoms with Gasteiger partial charge in [-0.25, -0.2) is 9.97 Å². The Kier molecular flexibility index (Phi) is 8.58. The zero-order chi connectivity index (χ0) is 31.9. The van der Waals surface area contributed by atoms with Gasteiger partial charge in [0.05, 0.1) is 36.2 Å². The molecule has 45 heavy (non-hydrogen) atoms. The Morgan fingerprint density at radius 1 is 1.11 bits per heavy atom. The lowest BCUT2D eigenvalue weighted by Gasteiger charge is -2.27. The number of aliphatic hydroxyl groups is 1. The van der Waals surface area contributed by atoms with Crippen molar-refractivity contribution in [3.63, 3.8) is 0 Å². The Balaban J connectivity index is 1.40. The molecule has 0 radical (unpaired) electrons. The molecule has 1 fully saturated rings. The van der Waals surface area contributed by atoms with Crippen LogP contribution in [0, 0.1) is 5.41 Å². The van der Waals surface area contributed by atoms with Gasteiger partial charge in [0.15, 0.2) is 5.82 Å². The molecule has 5 heterocycles. The van der Waals surface area contributed by atoms with E-state index in [1.807, 2.05) is 38.5 Å². The first-order valence-corrected chi connectivity index (χ1v) is 16.1. The number of aliphatic hydroxyl groups excluding tert-OH is 1. The minimum absolute atomic E-state index is 0.0553. The Bertz CT molecular complexity index is 1740. The van der Waals surface area contributed by atoms with Crippen molar-refractivity contribution in [1.82, 2.24) is 35.1 Å². The summed E-state index contributed by atoms with van der Waals surface area (Å²) in [7, 11) is 3.57. The van der Waals surface area contributed by atoms with E-state index >= 15 is 0 Å². The van der Waals surface area contributed by atoms with Gasteiger partial charge in [-0.15, -0.1) is 0 Å². The average molecular weight is 616 g/mol. The second kappa shape index (κ2) is 12.4. The van der Waals surface area contributed by atoms with Gasteiger partial charge in [-0.3, -0.25) is 9.59 Å². The number of benzene rings is 1. The van der Waals surface area contributed by atoms with Crippen molar-refractivity contribution >= 4 is 33.9 Å². The molecular formula is C34H45N7O4. The third kappa shape index (κ3) is 6.15. The molecule has 4 N–H and O–H groups in total. The van der Waals surface area contributed by atoms with Gasteiger partial charge in [0, 0.05) is 49.1 Å². The molecule has 3 atom stereocenters. The summed E-state index contributed by atoms with van der Waals surface area (Å²) in [6.45, 7) is 7.96. The van der Waals surface area contributed by atoms with Crippen LogP contribution in [0.5, 0.6) is 5.75 Å². The normalized spacial score (nSPS) is 22.7. The number of nitrogens with one attached hydrogen (secondary N) is 3. The fourth-order valence-electron chi connectivity index (χ4n) is 6.69. The van der Waals surface area contributed by atoms with Crippen molar-refractivity contribution in [3.05, 3.63) is 41.6 Å². The number of aryl methyl sites for hydroxylation is 2. The number of piperidine rings is 1. The summed E-state index contributed by atoms with van der Waals surface area (Å²) in [6, 6.07) is 9.35. The van der Waals surface area contributed by atoms with Gasteiger partial charge in [-0.2, -0.15) is 0 Å². The summed E-state index contributed by atoms with van der Waals surface area (Å²) >= 11 is 0. The molecule has 11 nitrogen and oxygen atoms in total. The van der Waals surface area contributed by atoms with Crippen molar-refractivity contribution in [2.75, 3.05) is 20.2 Å². The van der Waals surface area contributed by atoms with Gasteiger partial charge in [-0.05, 0) is 56.5 Å². The van der Waals surface area contributed by atoms with Gasteiger partial charge >= 0.3 is 0 Å². The number of aromatic nitrogens is 4. The summed E-state index contributed by atoms with van der Waals surface area (Å²) in [6.07, 6.45) is 4.97. The highest BCUT2D eigenvalue weighted by molar-refractivity contribution is 6.00. The number of ether oxygens (including phenoxy) is 1. The third-order valence-corrected chi connectivity index (χ3v) is 9.41. The number of hydrogen-bond acceptors (Lipinski definition) is 7. The van der Waals surface area contributed by atoms with Crippen molar-refractivity contribution < 1.29 is 19.4 Å². The SMILES string of the molecule is COc1cc(C(=O)N[C@H]2CNC[C@H](O)C2)cc2nc(-c3cc4ccc5nc4n3CCCCCCC(C)(C)C(=O)N[C@@H]5C)n(C)c12. The number of β-amino-alcohol motifs (C(OH)–C–C–N with tert-alkyl or cyclic N) is 1. The lowest BCUT2D eigenvalue weighted by Crippen LogP contribution is -2.50. The van der Waals surface area contributed by atoms with Gasteiger partial charge < -0.3 is 34.9 Å². The maximum atomic E-state index is 13.3. The Morgan fingerprint density at radius 3 is 2.69 bits per heavy atom. The number of carbonyl (C=O) groups is 2. The van der Waals surface area contributed by atoms with Crippen LogP contribution in [0.3, 0.4) is 0 Å². The van der Waals surface area contributed by atoms with Crippen molar-refractivity contribution in [2.24, 2.45) is 12.5 Å². The van der Waals surface area contributed by atoms with Crippen LogP contribution in [-0.2, 0) is 18.4 Å². The molecule has 0 aliphatic carbocycles. The fourth-order valence-corrected chi connectivity index (χ4v) is 6.69. The Hall–Kier alpha value is -3.96. The largest absolute Gasteiger partial charge is 0.494 e. The minimum atomic E-state index is -0.484. The van der Waals surface area contributed by atoms with Crippen LogP contribution < -0.4 is 20.7 Å². The van der Waals surface area contributed by atoms with E-state index in [-0.39, 0.29) is 23.9 Å². The van der Waals surface area contributed by atoms with Crippen molar-refractivity contribution in [1.29, 1.82) is 0 Å². The predicted molar refractivity (Wildman–Crippen MR) is 174 cm³/mol. The molecule has 1 aromatic carbocycles. The summed E-state index contributed by atoms with van der Waals surface area (Å²) in [5.41, 5.74) is 4.11. The lowest BCUT2D eigenvalue weighted by atomic mass is 9.85. The van der Waals surface area contributed by atoms with Crippen molar-refractivity contribution in [3.8, 4) is 17.3 Å². The molecule has 3 aromatic heterocycles. The first kappa shape index (κ1) is 31.0. The number of methoxy groups -OCH3 is 1. The standard InChI is InChI=1S/C34H45N7O4/c1-20-25-11-10-21-15-27(41(30(21)38-25)13-9-7-6-8-12-34(2,3)33(44)36-20)31-39-26-14-22(16-28(45-5)29(26)40(31)4)32(43)37-23-17-24(42)19-35-18-23/h10-11,14-16,20,23-24,35,42H,6-9,12-13,17-19H2,1-5H3,(H,36,44)(H,37,43)/t20-,23-,24-/m1/s1. The number of pyridine rings is 1. The van der Waals surface area contributed by atoms with Crippen LogP contribution in [0.15, 0.2) is 30.3 Å². The number of rotatable bonds is 4. The molecule has 240 valence electrons. The summed E-state index contributed by atoms with van der Waals surface area (Å²) in [5.74, 6) is 1.14. The molecule has 2 amide bonds. The molecule has 4 aromatic rings. The maximum Gasteiger partial charge on any atom is 0.251 e. The van der Waals surface area contributed by atoms with Crippen LogP contribution in [0.4, 0.5) is 0 Å². The average Bonchev–Trinajstić information content (AvgIpc) is 3.54. The second-order valence-corrected chi connectivity index (χ2v) is 13.3. The van der Waals surface area contributed by atoms with E-state index in [1.54, 1.807) is 19.2 Å². The highest BCUT2D eigenvalue weighted by Crippen LogP contribution is 2.35.